The molecule has 1 aromatic carbocycles. The molecule has 20 heavy (non-hydrogen) atoms. The van der Waals surface area contributed by atoms with E-state index in [9.17, 15) is 4.79 Å². The largest absolute Gasteiger partial charge is 0.374 e. The highest BCUT2D eigenvalue weighted by atomic mass is 16.5. The predicted molar refractivity (Wildman–Crippen MR) is 78.9 cm³/mol. The van der Waals surface area contributed by atoms with Gasteiger partial charge in [0.1, 0.15) is 11.8 Å². The van der Waals surface area contributed by atoms with E-state index < -0.39 is 0 Å². The topological polar surface area (TPSA) is 67.2 Å². The minimum absolute atomic E-state index is 0.154. The van der Waals surface area contributed by atoms with E-state index in [0.29, 0.717) is 11.6 Å². The number of benzene rings is 1. The van der Waals surface area contributed by atoms with Crippen molar-refractivity contribution in [2.24, 2.45) is 0 Å². The summed E-state index contributed by atoms with van der Waals surface area (Å²) in [4.78, 5) is 12.0. The summed E-state index contributed by atoms with van der Waals surface area (Å²) in [5.74, 6) is 0.940. The Bertz CT molecular complexity index is 619. The van der Waals surface area contributed by atoms with Gasteiger partial charge in [-0.15, -0.1) is 0 Å². The van der Waals surface area contributed by atoms with Gasteiger partial charge in [0, 0.05) is 11.8 Å². The van der Waals surface area contributed by atoms with Crippen LogP contribution in [-0.4, -0.2) is 17.1 Å². The fourth-order valence-corrected chi connectivity index (χ4v) is 1.93. The first-order valence-electron chi connectivity index (χ1n) is 6.53. The zero-order valence-corrected chi connectivity index (χ0v) is 12.2. The highest BCUT2D eigenvalue weighted by Crippen LogP contribution is 2.17. The van der Waals surface area contributed by atoms with Crippen LogP contribution in [0.4, 0.5) is 11.5 Å². The number of hydrogen-bond acceptors (Lipinski definition) is 4. The van der Waals surface area contributed by atoms with Crippen molar-refractivity contribution in [3.63, 3.8) is 0 Å². The van der Waals surface area contributed by atoms with Gasteiger partial charge in [0.2, 0.25) is 5.91 Å². The Hall–Kier alpha value is -2.30. The maximum atomic E-state index is 12.0. The van der Waals surface area contributed by atoms with E-state index >= 15 is 0 Å². The second-order valence-corrected chi connectivity index (χ2v) is 5.00. The van der Waals surface area contributed by atoms with Gasteiger partial charge in [0.25, 0.3) is 0 Å². The van der Waals surface area contributed by atoms with Crippen LogP contribution in [0.15, 0.2) is 28.8 Å². The predicted octanol–water partition coefficient (Wildman–Crippen LogP) is 3.04. The number of aromatic nitrogens is 1. The van der Waals surface area contributed by atoms with Crippen LogP contribution in [0.3, 0.4) is 0 Å². The monoisotopic (exact) mass is 273 g/mol. The Morgan fingerprint density at radius 2 is 2.00 bits per heavy atom. The van der Waals surface area contributed by atoms with Crippen LogP contribution >= 0.6 is 0 Å². The number of carbonyl (C=O) groups excluding carboxylic acids is 1. The van der Waals surface area contributed by atoms with E-state index in [4.69, 9.17) is 4.52 Å². The highest BCUT2D eigenvalue weighted by molar-refractivity contribution is 5.95. The quantitative estimate of drug-likeness (QED) is 0.898. The molecule has 0 aliphatic rings. The van der Waals surface area contributed by atoms with Crippen molar-refractivity contribution < 1.29 is 9.32 Å². The first-order valence-corrected chi connectivity index (χ1v) is 6.53. The summed E-state index contributed by atoms with van der Waals surface area (Å²) < 4.78 is 4.91. The molecule has 0 aliphatic heterocycles. The van der Waals surface area contributed by atoms with Gasteiger partial charge < -0.3 is 15.2 Å². The molecule has 1 atom stereocenters. The number of aryl methyl sites for hydroxylation is 3. The molecule has 0 bridgehead atoms. The van der Waals surface area contributed by atoms with E-state index in [1.165, 1.54) is 5.56 Å². The Balaban J connectivity index is 2.00. The number of rotatable bonds is 4. The van der Waals surface area contributed by atoms with E-state index in [1.807, 2.05) is 32.9 Å². The molecule has 2 aromatic rings. The highest BCUT2D eigenvalue weighted by Gasteiger charge is 2.15. The van der Waals surface area contributed by atoms with Crippen LogP contribution < -0.4 is 10.6 Å². The van der Waals surface area contributed by atoms with Crippen LogP contribution in [0.5, 0.6) is 0 Å². The van der Waals surface area contributed by atoms with Gasteiger partial charge in [-0.25, -0.2) is 0 Å². The molecule has 1 amide bonds. The summed E-state index contributed by atoms with van der Waals surface area (Å²) in [6.45, 7) is 7.64. The molecule has 0 spiro atoms. The van der Waals surface area contributed by atoms with Gasteiger partial charge in [-0.05, 0) is 39.3 Å². The molecule has 106 valence electrons. The zero-order valence-electron chi connectivity index (χ0n) is 12.2. The minimum Gasteiger partial charge on any atom is -0.374 e. The third-order valence-electron chi connectivity index (χ3n) is 3.03. The summed E-state index contributed by atoms with van der Waals surface area (Å²) in [6, 6.07) is 7.39. The number of nitrogens with zero attached hydrogens (tertiary/aromatic N) is 1. The summed E-state index contributed by atoms with van der Waals surface area (Å²) >= 11 is 0. The van der Waals surface area contributed by atoms with E-state index in [0.717, 1.165) is 11.3 Å². The molecule has 0 aliphatic carbocycles. The molecule has 0 saturated carbocycles. The van der Waals surface area contributed by atoms with Crippen LogP contribution in [0.25, 0.3) is 0 Å². The van der Waals surface area contributed by atoms with Crippen molar-refractivity contribution in [3.05, 3.63) is 41.2 Å². The number of amides is 1. The van der Waals surface area contributed by atoms with Crippen molar-refractivity contribution in [1.29, 1.82) is 0 Å². The maximum Gasteiger partial charge on any atom is 0.247 e. The van der Waals surface area contributed by atoms with Crippen molar-refractivity contribution >= 4 is 17.4 Å². The standard InChI is InChI=1S/C15H19N3O2/c1-9-5-6-13(10(2)7-9)16-12(4)15(19)17-14-8-11(3)20-18-14/h5-8,12,16H,1-4H3,(H,17,18,19)/t12-/m1/s1. The minimum atomic E-state index is -0.367. The van der Waals surface area contributed by atoms with Crippen molar-refractivity contribution in [2.45, 2.75) is 33.7 Å². The lowest BCUT2D eigenvalue weighted by atomic mass is 10.1. The summed E-state index contributed by atoms with van der Waals surface area (Å²) in [7, 11) is 0. The van der Waals surface area contributed by atoms with E-state index in [2.05, 4.69) is 21.9 Å². The molecule has 1 aromatic heterocycles. The van der Waals surface area contributed by atoms with Gasteiger partial charge in [-0.3, -0.25) is 4.79 Å². The Morgan fingerprint density at radius 3 is 2.60 bits per heavy atom. The molecule has 5 nitrogen and oxygen atoms in total. The first-order chi connectivity index (χ1) is 9.45. The van der Waals surface area contributed by atoms with Gasteiger partial charge in [0.15, 0.2) is 5.82 Å². The van der Waals surface area contributed by atoms with Crippen molar-refractivity contribution in [1.82, 2.24) is 5.16 Å². The molecule has 2 N–H and O–H groups in total. The average Bonchev–Trinajstić information content (AvgIpc) is 2.78. The molecular formula is C15H19N3O2. The van der Waals surface area contributed by atoms with E-state index in [1.54, 1.807) is 13.0 Å². The van der Waals surface area contributed by atoms with Gasteiger partial charge in [-0.1, -0.05) is 22.9 Å². The fraction of sp³-hybridized carbons (Fsp3) is 0.333. The van der Waals surface area contributed by atoms with Crippen molar-refractivity contribution in [2.75, 3.05) is 10.6 Å². The lowest BCUT2D eigenvalue weighted by Crippen LogP contribution is -2.32. The molecule has 0 unspecified atom stereocenters. The molecule has 0 saturated heterocycles. The smallest absolute Gasteiger partial charge is 0.247 e. The zero-order chi connectivity index (χ0) is 14.7. The van der Waals surface area contributed by atoms with Crippen LogP contribution in [0.2, 0.25) is 0 Å². The molecule has 5 heteroatoms. The second kappa shape index (κ2) is 5.77. The van der Waals surface area contributed by atoms with Crippen LogP contribution in [-0.2, 0) is 4.79 Å². The van der Waals surface area contributed by atoms with Gasteiger partial charge in [0.05, 0.1) is 0 Å². The number of carbonyl (C=O) groups is 1. The lowest BCUT2D eigenvalue weighted by Gasteiger charge is -2.16. The number of nitrogens with one attached hydrogen (secondary N) is 2. The number of anilines is 2. The average molecular weight is 273 g/mol. The lowest BCUT2D eigenvalue weighted by molar-refractivity contribution is -0.116. The molecular weight excluding hydrogens is 254 g/mol. The summed E-state index contributed by atoms with van der Waals surface area (Å²) in [5, 5.41) is 9.64. The second-order valence-electron chi connectivity index (χ2n) is 5.00. The Kier molecular flexibility index (Phi) is 4.08. The maximum absolute atomic E-state index is 12.0. The molecule has 2 rings (SSSR count). The number of hydrogen-bond donors (Lipinski definition) is 2. The third-order valence-corrected chi connectivity index (χ3v) is 3.03. The van der Waals surface area contributed by atoms with Crippen LogP contribution in [0, 0.1) is 20.8 Å². The fourth-order valence-electron chi connectivity index (χ4n) is 1.93. The third kappa shape index (κ3) is 3.38. The normalized spacial score (nSPS) is 12.0. The first kappa shape index (κ1) is 14.1. The Morgan fingerprint density at radius 1 is 1.25 bits per heavy atom. The molecule has 0 radical (unpaired) electrons. The van der Waals surface area contributed by atoms with Gasteiger partial charge in [-0.2, -0.15) is 0 Å². The Labute approximate surface area is 118 Å². The summed E-state index contributed by atoms with van der Waals surface area (Å²) in [5.41, 5.74) is 3.26. The molecule has 1 heterocycles. The summed E-state index contributed by atoms with van der Waals surface area (Å²) in [6.07, 6.45) is 0. The SMILES string of the molecule is Cc1ccc(N[C@H](C)C(=O)Nc2cc(C)on2)c(C)c1. The van der Waals surface area contributed by atoms with Crippen LogP contribution in [0.1, 0.15) is 23.8 Å². The molecule has 0 fully saturated rings. The van der Waals surface area contributed by atoms with Gasteiger partial charge >= 0.3 is 0 Å². The van der Waals surface area contributed by atoms with E-state index in [-0.39, 0.29) is 11.9 Å². The van der Waals surface area contributed by atoms with Crippen molar-refractivity contribution in [3.8, 4) is 0 Å².